The van der Waals surface area contributed by atoms with Gasteiger partial charge in [0.15, 0.2) is 5.16 Å². The van der Waals surface area contributed by atoms with Crippen LogP contribution in [0.2, 0.25) is 0 Å². The number of thioether (sulfide) groups is 1. The number of hydrogen-bond acceptors (Lipinski definition) is 6. The lowest BCUT2D eigenvalue weighted by Gasteiger charge is -2.21. The number of amides is 3. The van der Waals surface area contributed by atoms with Crippen molar-refractivity contribution in [3.05, 3.63) is 28.7 Å². The molecule has 25 heavy (non-hydrogen) atoms. The molecule has 7 nitrogen and oxygen atoms in total. The molecule has 0 spiro atoms. The van der Waals surface area contributed by atoms with Gasteiger partial charge in [-0.05, 0) is 45.6 Å². The minimum absolute atomic E-state index is 0.362. The first-order chi connectivity index (χ1) is 11.7. The van der Waals surface area contributed by atoms with Gasteiger partial charge >= 0.3 is 6.03 Å². The number of carbonyl (C=O) groups excluding carboxylic acids is 2. The lowest BCUT2D eigenvalue weighted by molar-refractivity contribution is -0.119. The van der Waals surface area contributed by atoms with Crippen molar-refractivity contribution in [1.82, 2.24) is 25.4 Å². The number of urea groups is 1. The molecular formula is C16H23N5O2S2. The standard InChI is InChI=1S/C16H23N5O2S2/c1-11(13(22)18-14(23)19-16(2,3)4)25-15-20-17-10-21(15)8-7-12-6-5-9-24-12/h5-6,9-11H,7-8H2,1-4H3,(H2,18,19,22,23). The number of rotatable bonds is 6. The molecule has 0 aliphatic rings. The third-order valence-electron chi connectivity index (χ3n) is 3.14. The van der Waals surface area contributed by atoms with Crippen molar-refractivity contribution in [2.24, 2.45) is 0 Å². The summed E-state index contributed by atoms with van der Waals surface area (Å²) in [5, 5.41) is 15.3. The molecule has 3 amide bonds. The summed E-state index contributed by atoms with van der Waals surface area (Å²) >= 11 is 2.99. The van der Waals surface area contributed by atoms with E-state index >= 15 is 0 Å². The first kappa shape index (κ1) is 19.5. The predicted octanol–water partition coefficient (Wildman–Crippen LogP) is 2.69. The highest BCUT2D eigenvalue weighted by molar-refractivity contribution is 8.00. The van der Waals surface area contributed by atoms with E-state index in [4.69, 9.17) is 0 Å². The zero-order chi connectivity index (χ0) is 18.4. The van der Waals surface area contributed by atoms with E-state index in [1.807, 2.05) is 36.8 Å². The number of carbonyl (C=O) groups is 2. The van der Waals surface area contributed by atoms with Gasteiger partial charge in [-0.1, -0.05) is 17.8 Å². The SMILES string of the molecule is CC(Sc1nncn1CCc1cccs1)C(=O)NC(=O)NC(C)(C)C. The summed E-state index contributed by atoms with van der Waals surface area (Å²) in [6, 6.07) is 3.62. The van der Waals surface area contributed by atoms with E-state index in [-0.39, 0.29) is 5.91 Å². The van der Waals surface area contributed by atoms with Crippen LogP contribution in [0.15, 0.2) is 29.0 Å². The van der Waals surface area contributed by atoms with E-state index < -0.39 is 16.8 Å². The molecule has 0 aliphatic heterocycles. The second-order valence-corrected chi connectivity index (χ2v) is 8.93. The van der Waals surface area contributed by atoms with Gasteiger partial charge in [0.1, 0.15) is 6.33 Å². The normalized spacial score (nSPS) is 12.6. The van der Waals surface area contributed by atoms with Gasteiger partial charge in [-0.2, -0.15) is 0 Å². The fourth-order valence-electron chi connectivity index (χ4n) is 1.97. The van der Waals surface area contributed by atoms with Crippen LogP contribution in [0.25, 0.3) is 0 Å². The van der Waals surface area contributed by atoms with Crippen LogP contribution < -0.4 is 10.6 Å². The van der Waals surface area contributed by atoms with Gasteiger partial charge in [-0.15, -0.1) is 21.5 Å². The van der Waals surface area contributed by atoms with Crippen LogP contribution in [-0.4, -0.2) is 37.5 Å². The van der Waals surface area contributed by atoms with E-state index in [1.165, 1.54) is 16.6 Å². The Morgan fingerprint density at radius 2 is 2.16 bits per heavy atom. The van der Waals surface area contributed by atoms with E-state index in [1.54, 1.807) is 24.6 Å². The van der Waals surface area contributed by atoms with Crippen LogP contribution in [0.1, 0.15) is 32.6 Å². The number of nitrogens with zero attached hydrogens (tertiary/aromatic N) is 3. The Morgan fingerprint density at radius 3 is 2.80 bits per heavy atom. The van der Waals surface area contributed by atoms with Gasteiger partial charge in [0.05, 0.1) is 5.25 Å². The molecule has 0 saturated carbocycles. The quantitative estimate of drug-likeness (QED) is 0.751. The van der Waals surface area contributed by atoms with Crippen LogP contribution in [0.3, 0.4) is 0 Å². The zero-order valence-corrected chi connectivity index (χ0v) is 16.4. The summed E-state index contributed by atoms with van der Waals surface area (Å²) < 4.78 is 1.92. The fraction of sp³-hybridized carbons (Fsp3) is 0.500. The Morgan fingerprint density at radius 1 is 1.40 bits per heavy atom. The number of aromatic nitrogens is 3. The van der Waals surface area contributed by atoms with E-state index in [0.717, 1.165) is 13.0 Å². The summed E-state index contributed by atoms with van der Waals surface area (Å²) in [7, 11) is 0. The van der Waals surface area contributed by atoms with Crippen LogP contribution in [-0.2, 0) is 17.8 Å². The lowest BCUT2D eigenvalue weighted by Crippen LogP contribution is -2.49. The summed E-state index contributed by atoms with van der Waals surface area (Å²) in [5.41, 5.74) is -0.400. The summed E-state index contributed by atoms with van der Waals surface area (Å²) in [6.45, 7) is 8.04. The van der Waals surface area contributed by atoms with Gasteiger partial charge in [-0.3, -0.25) is 10.1 Å². The first-order valence-corrected chi connectivity index (χ1v) is 9.70. The molecule has 2 heterocycles. The maximum absolute atomic E-state index is 12.2. The van der Waals surface area contributed by atoms with Crippen molar-refractivity contribution >= 4 is 35.0 Å². The molecule has 0 bridgehead atoms. The average Bonchev–Trinajstić information content (AvgIpc) is 3.14. The molecule has 2 rings (SSSR count). The summed E-state index contributed by atoms with van der Waals surface area (Å²) in [5.74, 6) is -0.362. The van der Waals surface area contributed by atoms with Gasteiger partial charge in [-0.25, -0.2) is 4.79 Å². The Hall–Kier alpha value is -1.87. The molecule has 0 radical (unpaired) electrons. The van der Waals surface area contributed by atoms with Crippen molar-refractivity contribution in [1.29, 1.82) is 0 Å². The predicted molar refractivity (Wildman–Crippen MR) is 99.8 cm³/mol. The van der Waals surface area contributed by atoms with E-state index in [2.05, 4.69) is 26.9 Å². The van der Waals surface area contributed by atoms with E-state index in [9.17, 15) is 9.59 Å². The third kappa shape index (κ3) is 6.50. The summed E-state index contributed by atoms with van der Waals surface area (Å²) in [4.78, 5) is 25.3. The molecule has 9 heteroatoms. The van der Waals surface area contributed by atoms with Crippen LogP contribution >= 0.6 is 23.1 Å². The minimum atomic E-state index is -0.496. The van der Waals surface area contributed by atoms with Gasteiger partial charge < -0.3 is 9.88 Å². The Labute approximate surface area is 155 Å². The highest BCUT2D eigenvalue weighted by atomic mass is 32.2. The molecule has 2 aromatic heterocycles. The van der Waals surface area contributed by atoms with Crippen molar-refractivity contribution in [2.75, 3.05) is 0 Å². The zero-order valence-electron chi connectivity index (χ0n) is 14.8. The third-order valence-corrected chi connectivity index (χ3v) is 5.17. The topological polar surface area (TPSA) is 88.9 Å². The van der Waals surface area contributed by atoms with E-state index in [0.29, 0.717) is 5.16 Å². The number of imide groups is 1. The van der Waals surface area contributed by atoms with Crippen molar-refractivity contribution in [3.8, 4) is 0 Å². The minimum Gasteiger partial charge on any atom is -0.333 e. The Kier molecular flexibility index (Phi) is 6.60. The van der Waals surface area contributed by atoms with Gasteiger partial charge in [0.2, 0.25) is 5.91 Å². The van der Waals surface area contributed by atoms with Crippen molar-refractivity contribution in [2.45, 2.75) is 56.6 Å². The molecular weight excluding hydrogens is 358 g/mol. The maximum Gasteiger partial charge on any atom is 0.321 e. The van der Waals surface area contributed by atoms with Crippen LogP contribution in [0.4, 0.5) is 4.79 Å². The molecule has 0 aromatic carbocycles. The molecule has 1 atom stereocenters. The molecule has 0 saturated heterocycles. The average molecular weight is 382 g/mol. The molecule has 0 fully saturated rings. The van der Waals surface area contributed by atoms with Gasteiger partial charge in [0, 0.05) is 17.0 Å². The number of aryl methyl sites for hydroxylation is 2. The second-order valence-electron chi connectivity index (χ2n) is 6.59. The van der Waals surface area contributed by atoms with Crippen LogP contribution in [0, 0.1) is 0 Å². The van der Waals surface area contributed by atoms with Crippen molar-refractivity contribution < 1.29 is 9.59 Å². The van der Waals surface area contributed by atoms with Gasteiger partial charge in [0.25, 0.3) is 0 Å². The molecule has 136 valence electrons. The first-order valence-electron chi connectivity index (χ1n) is 7.94. The molecule has 1 unspecified atom stereocenters. The highest BCUT2D eigenvalue weighted by Crippen LogP contribution is 2.21. The second kappa shape index (κ2) is 8.48. The Bertz CT molecular complexity index is 706. The summed E-state index contributed by atoms with van der Waals surface area (Å²) in [6.07, 6.45) is 2.55. The fourth-order valence-corrected chi connectivity index (χ4v) is 3.52. The van der Waals surface area contributed by atoms with Crippen molar-refractivity contribution in [3.63, 3.8) is 0 Å². The number of thiophene rings is 1. The Balaban J connectivity index is 1.87. The molecule has 0 aliphatic carbocycles. The molecule has 2 aromatic rings. The largest absolute Gasteiger partial charge is 0.333 e. The maximum atomic E-state index is 12.2. The lowest BCUT2D eigenvalue weighted by atomic mass is 10.1. The smallest absolute Gasteiger partial charge is 0.321 e. The highest BCUT2D eigenvalue weighted by Gasteiger charge is 2.21. The monoisotopic (exact) mass is 381 g/mol. The molecule has 2 N–H and O–H groups in total. The number of nitrogens with one attached hydrogen (secondary N) is 2. The number of hydrogen-bond donors (Lipinski definition) is 2. The van der Waals surface area contributed by atoms with Crippen LogP contribution in [0.5, 0.6) is 0 Å².